The Kier molecular flexibility index (Phi) is 9.28. The molecule has 2 aromatic carbocycles. The van der Waals surface area contributed by atoms with Crippen molar-refractivity contribution in [2.24, 2.45) is 0 Å². The number of hydrogen-bond acceptors (Lipinski definition) is 6. The molecule has 3 amide bonds. The number of imide groups is 1. The predicted octanol–water partition coefficient (Wildman–Crippen LogP) is 3.92. The van der Waals surface area contributed by atoms with Crippen LogP contribution < -0.4 is 9.47 Å². The second-order valence-electron chi connectivity index (χ2n) is 8.93. The minimum absolute atomic E-state index is 0.167. The lowest BCUT2D eigenvalue weighted by Gasteiger charge is -2.40. The Hall–Kier alpha value is -3.17. The number of ether oxygens (including phenoxy) is 3. The zero-order valence-electron chi connectivity index (χ0n) is 21.8. The molecule has 36 heavy (non-hydrogen) atoms. The van der Waals surface area contributed by atoms with Gasteiger partial charge >= 0.3 is 6.03 Å². The van der Waals surface area contributed by atoms with Gasteiger partial charge in [0, 0.05) is 46.0 Å². The number of hydrogen-bond donors (Lipinski definition) is 0. The van der Waals surface area contributed by atoms with E-state index in [1.54, 1.807) is 45.4 Å². The molecule has 2 heterocycles. The summed E-state index contributed by atoms with van der Waals surface area (Å²) in [6, 6.07) is 11.8. The molecule has 9 heteroatoms. The van der Waals surface area contributed by atoms with Crippen LogP contribution in [0.2, 0.25) is 0 Å². The normalized spacial score (nSPS) is 17.3. The average molecular weight is 502 g/mol. The number of nitrogens with zero attached hydrogens (tertiary/aromatic N) is 3. The summed E-state index contributed by atoms with van der Waals surface area (Å²) in [5, 5.41) is 0. The Balaban J connectivity index is 0.000000840. The van der Waals surface area contributed by atoms with Gasteiger partial charge in [-0.05, 0) is 55.7 Å². The summed E-state index contributed by atoms with van der Waals surface area (Å²) >= 11 is 0. The third-order valence-corrected chi connectivity index (χ3v) is 6.90. The van der Waals surface area contributed by atoms with Gasteiger partial charge in [0.2, 0.25) is 0 Å². The van der Waals surface area contributed by atoms with Crippen molar-refractivity contribution < 1.29 is 28.2 Å². The first-order valence-corrected chi connectivity index (χ1v) is 12.1. The van der Waals surface area contributed by atoms with Crippen LogP contribution in [0, 0.1) is 5.82 Å². The van der Waals surface area contributed by atoms with E-state index < -0.39 is 5.54 Å². The van der Waals surface area contributed by atoms with Crippen LogP contribution >= 0.6 is 0 Å². The predicted molar refractivity (Wildman–Crippen MR) is 134 cm³/mol. The minimum atomic E-state index is -0.848. The second kappa shape index (κ2) is 12.2. The van der Waals surface area contributed by atoms with Gasteiger partial charge in [0.15, 0.2) is 0 Å². The Morgan fingerprint density at radius 3 is 2.19 bits per heavy atom. The van der Waals surface area contributed by atoms with E-state index in [1.807, 2.05) is 31.2 Å². The molecule has 1 spiro atoms. The topological polar surface area (TPSA) is 71.6 Å². The van der Waals surface area contributed by atoms with Crippen LogP contribution in [0.15, 0.2) is 42.5 Å². The first kappa shape index (κ1) is 27.4. The number of piperidine rings is 1. The number of amides is 3. The van der Waals surface area contributed by atoms with Crippen molar-refractivity contribution in [3.63, 3.8) is 0 Å². The number of carbonyl (C=O) groups is 2. The van der Waals surface area contributed by atoms with Gasteiger partial charge in [-0.3, -0.25) is 14.6 Å². The Bertz CT molecular complexity index is 1050. The quantitative estimate of drug-likeness (QED) is 0.536. The number of likely N-dealkylation sites (tertiary alicyclic amines) is 1. The molecule has 8 nitrogen and oxygen atoms in total. The maximum atomic E-state index is 14.2. The zero-order valence-corrected chi connectivity index (χ0v) is 21.8. The second-order valence-corrected chi connectivity index (χ2v) is 8.93. The molecule has 4 rings (SSSR count). The van der Waals surface area contributed by atoms with Crippen molar-refractivity contribution in [1.29, 1.82) is 0 Å². The standard InChI is InChI=1S/C24H28FN3O4.C3H8O/c1-26-23(30)28(15-17-5-4-6-19(13-17)31-2)22(29)24(26)9-11-27(12-10-24)16-18-14-20(32-3)7-8-21(18)25;1-3-4-2/h4-8,13-14H,9-12,15-16H2,1-3H3;3H2,1-2H3. The van der Waals surface area contributed by atoms with Crippen LogP contribution in [0.3, 0.4) is 0 Å². The smallest absolute Gasteiger partial charge is 0.327 e. The molecular weight excluding hydrogens is 465 g/mol. The monoisotopic (exact) mass is 501 g/mol. The highest BCUT2D eigenvalue weighted by molar-refractivity contribution is 6.06. The average Bonchev–Trinajstić information content (AvgIpc) is 3.07. The van der Waals surface area contributed by atoms with E-state index in [-0.39, 0.29) is 24.3 Å². The summed E-state index contributed by atoms with van der Waals surface area (Å²) in [4.78, 5) is 31.4. The van der Waals surface area contributed by atoms with Gasteiger partial charge in [-0.25, -0.2) is 9.18 Å². The van der Waals surface area contributed by atoms with E-state index in [2.05, 4.69) is 9.64 Å². The van der Waals surface area contributed by atoms with Gasteiger partial charge < -0.3 is 19.1 Å². The maximum absolute atomic E-state index is 14.2. The van der Waals surface area contributed by atoms with E-state index in [1.165, 1.54) is 11.0 Å². The van der Waals surface area contributed by atoms with E-state index in [9.17, 15) is 14.0 Å². The van der Waals surface area contributed by atoms with Gasteiger partial charge in [0.05, 0.1) is 20.8 Å². The highest BCUT2D eigenvalue weighted by Gasteiger charge is 2.56. The van der Waals surface area contributed by atoms with Crippen LogP contribution in [0.5, 0.6) is 11.5 Å². The van der Waals surface area contributed by atoms with Crippen molar-refractivity contribution in [3.8, 4) is 11.5 Å². The largest absolute Gasteiger partial charge is 0.497 e. The molecule has 196 valence electrons. The number of urea groups is 1. The van der Waals surface area contributed by atoms with E-state index in [4.69, 9.17) is 9.47 Å². The minimum Gasteiger partial charge on any atom is -0.497 e. The molecule has 0 aromatic heterocycles. The van der Waals surface area contributed by atoms with Gasteiger partial charge in [-0.15, -0.1) is 0 Å². The molecule has 0 bridgehead atoms. The molecule has 2 saturated heterocycles. The summed E-state index contributed by atoms with van der Waals surface area (Å²) < 4.78 is 29.2. The first-order valence-electron chi connectivity index (χ1n) is 12.1. The van der Waals surface area contributed by atoms with Crippen LogP contribution in [-0.2, 0) is 22.6 Å². The van der Waals surface area contributed by atoms with Crippen LogP contribution in [0.25, 0.3) is 0 Å². The molecule has 2 aliphatic rings. The van der Waals surface area contributed by atoms with E-state index in [0.29, 0.717) is 49.5 Å². The van der Waals surface area contributed by atoms with Crippen molar-refractivity contribution >= 4 is 11.9 Å². The highest BCUT2D eigenvalue weighted by Crippen LogP contribution is 2.37. The number of likely N-dealkylation sites (N-methyl/N-ethyl adjacent to an activating group) is 1. The summed E-state index contributed by atoms with van der Waals surface area (Å²) in [5.74, 6) is 0.849. The third-order valence-electron chi connectivity index (χ3n) is 6.90. The van der Waals surface area contributed by atoms with Crippen LogP contribution in [0.4, 0.5) is 9.18 Å². The molecule has 0 radical (unpaired) electrons. The third kappa shape index (κ3) is 5.79. The molecule has 0 unspecified atom stereocenters. The van der Waals surface area contributed by atoms with Gasteiger partial charge in [-0.1, -0.05) is 12.1 Å². The van der Waals surface area contributed by atoms with Crippen molar-refractivity contribution in [2.45, 2.75) is 38.4 Å². The van der Waals surface area contributed by atoms with Crippen molar-refractivity contribution in [2.75, 3.05) is 48.1 Å². The maximum Gasteiger partial charge on any atom is 0.327 e. The molecular formula is C27H36FN3O5. The molecule has 2 fully saturated rings. The molecule has 0 aliphatic carbocycles. The fourth-order valence-corrected chi connectivity index (χ4v) is 4.61. The first-order chi connectivity index (χ1) is 17.3. The Morgan fingerprint density at radius 1 is 0.944 bits per heavy atom. The van der Waals surface area contributed by atoms with Gasteiger partial charge in [0.25, 0.3) is 5.91 Å². The summed E-state index contributed by atoms with van der Waals surface area (Å²) in [6.07, 6.45) is 1.02. The molecule has 0 N–H and O–H groups in total. The Morgan fingerprint density at radius 2 is 1.58 bits per heavy atom. The van der Waals surface area contributed by atoms with E-state index in [0.717, 1.165) is 12.2 Å². The SMILES string of the molecule is CCOC.COc1cccc(CN2C(=O)N(C)C3(CCN(Cc4cc(OC)ccc4F)CC3)C2=O)c1. The molecule has 2 aliphatic heterocycles. The number of rotatable bonds is 7. The summed E-state index contributed by atoms with van der Waals surface area (Å²) in [7, 11) is 6.51. The molecule has 0 saturated carbocycles. The van der Waals surface area contributed by atoms with E-state index >= 15 is 0 Å². The number of benzene rings is 2. The number of carbonyl (C=O) groups excluding carboxylic acids is 2. The van der Waals surface area contributed by atoms with Crippen LogP contribution in [0.1, 0.15) is 30.9 Å². The van der Waals surface area contributed by atoms with Gasteiger partial charge in [-0.2, -0.15) is 0 Å². The lowest BCUT2D eigenvalue weighted by molar-refractivity contribution is -0.135. The fraction of sp³-hybridized carbons (Fsp3) is 0.481. The summed E-state index contributed by atoms with van der Waals surface area (Å²) in [6.45, 7) is 4.60. The molecule has 0 atom stereocenters. The Labute approximate surface area is 212 Å². The van der Waals surface area contributed by atoms with Gasteiger partial charge in [0.1, 0.15) is 22.9 Å². The summed E-state index contributed by atoms with van der Waals surface area (Å²) in [5.41, 5.74) is 0.545. The number of methoxy groups -OCH3 is 3. The van der Waals surface area contributed by atoms with Crippen molar-refractivity contribution in [3.05, 3.63) is 59.4 Å². The fourth-order valence-electron chi connectivity index (χ4n) is 4.61. The lowest BCUT2D eigenvalue weighted by atomic mass is 9.86. The zero-order chi connectivity index (χ0) is 26.3. The highest BCUT2D eigenvalue weighted by atomic mass is 19.1. The lowest BCUT2D eigenvalue weighted by Crippen LogP contribution is -2.55. The van der Waals surface area contributed by atoms with Crippen molar-refractivity contribution in [1.82, 2.24) is 14.7 Å². The van der Waals surface area contributed by atoms with Crippen LogP contribution in [-0.4, -0.2) is 80.3 Å². The molecule has 2 aromatic rings. The number of halogens is 1.